The lowest BCUT2D eigenvalue weighted by Crippen LogP contribution is -2.53. The average molecular weight is 478 g/mol. The highest BCUT2D eigenvalue weighted by atomic mass is 35.5. The van der Waals surface area contributed by atoms with Crippen molar-refractivity contribution in [2.24, 2.45) is 0 Å². The number of anilines is 1. The molecule has 0 bridgehead atoms. The van der Waals surface area contributed by atoms with Gasteiger partial charge in [0.25, 0.3) is 15.9 Å². The van der Waals surface area contributed by atoms with Crippen molar-refractivity contribution in [3.8, 4) is 0 Å². The van der Waals surface area contributed by atoms with Crippen LogP contribution in [0.4, 0.5) is 5.69 Å². The second kappa shape index (κ2) is 10.2. The number of nitrogens with zero attached hydrogens (tertiary/aromatic N) is 2. The lowest BCUT2D eigenvalue weighted by atomic mass is 9.80. The highest BCUT2D eigenvalue weighted by Gasteiger charge is 2.35. The molecule has 0 heterocycles. The number of amides is 1. The second-order valence-electron chi connectivity index (χ2n) is 8.51. The maximum Gasteiger partial charge on any atom is 0.264 e. The summed E-state index contributed by atoms with van der Waals surface area (Å²) in [6.07, 6.45) is 5.52. The summed E-state index contributed by atoms with van der Waals surface area (Å²) in [4.78, 5) is 15.3. The van der Waals surface area contributed by atoms with E-state index in [-0.39, 0.29) is 33.5 Å². The molecule has 1 aliphatic rings. The third-order valence-electron chi connectivity index (χ3n) is 6.41. The molecule has 6 nitrogen and oxygen atoms in total. The minimum atomic E-state index is -3.85. The lowest BCUT2D eigenvalue weighted by Gasteiger charge is -2.43. The summed E-state index contributed by atoms with van der Waals surface area (Å²) in [6, 6.07) is 13.2. The van der Waals surface area contributed by atoms with Crippen LogP contribution in [0.25, 0.3) is 0 Å². The Morgan fingerprint density at radius 3 is 2.31 bits per heavy atom. The number of carbonyl (C=O) groups is 1. The van der Waals surface area contributed by atoms with Gasteiger partial charge in [0.1, 0.15) is 0 Å². The zero-order chi connectivity index (χ0) is 23.4. The first-order valence-corrected chi connectivity index (χ1v) is 12.9. The van der Waals surface area contributed by atoms with Crippen molar-refractivity contribution in [2.45, 2.75) is 49.5 Å². The quantitative estimate of drug-likeness (QED) is 0.605. The first kappa shape index (κ1) is 24.6. The Hall–Kier alpha value is -2.09. The summed E-state index contributed by atoms with van der Waals surface area (Å²) in [7, 11) is 0.233. The van der Waals surface area contributed by atoms with Crippen molar-refractivity contribution in [3.05, 3.63) is 59.1 Å². The van der Waals surface area contributed by atoms with Crippen LogP contribution >= 0.6 is 11.6 Å². The number of carbonyl (C=O) groups excluding carboxylic acids is 1. The van der Waals surface area contributed by atoms with E-state index in [4.69, 9.17) is 11.6 Å². The number of hydrogen-bond acceptors (Lipinski definition) is 4. The van der Waals surface area contributed by atoms with Gasteiger partial charge in [-0.2, -0.15) is 0 Å². The van der Waals surface area contributed by atoms with Crippen LogP contribution in [0.5, 0.6) is 0 Å². The van der Waals surface area contributed by atoms with E-state index in [0.717, 1.165) is 25.7 Å². The van der Waals surface area contributed by atoms with Gasteiger partial charge in [0.15, 0.2) is 0 Å². The molecule has 3 rings (SSSR count). The number of halogens is 1. The molecule has 1 amide bonds. The van der Waals surface area contributed by atoms with Crippen LogP contribution in [0, 0.1) is 0 Å². The molecule has 1 fully saturated rings. The van der Waals surface area contributed by atoms with E-state index in [1.165, 1.54) is 28.9 Å². The Labute approximate surface area is 196 Å². The van der Waals surface area contributed by atoms with E-state index < -0.39 is 10.0 Å². The predicted octanol–water partition coefficient (Wildman–Crippen LogP) is 4.55. The van der Waals surface area contributed by atoms with Gasteiger partial charge >= 0.3 is 0 Å². The van der Waals surface area contributed by atoms with E-state index in [0.29, 0.717) is 12.2 Å². The molecule has 1 saturated carbocycles. The summed E-state index contributed by atoms with van der Waals surface area (Å²) >= 11 is 6.31. The molecule has 0 aromatic heterocycles. The first-order chi connectivity index (χ1) is 15.2. The van der Waals surface area contributed by atoms with Crippen molar-refractivity contribution in [1.29, 1.82) is 0 Å². The fourth-order valence-corrected chi connectivity index (χ4v) is 6.09. The molecule has 174 valence electrons. The van der Waals surface area contributed by atoms with Crippen LogP contribution in [0.15, 0.2) is 53.4 Å². The van der Waals surface area contributed by atoms with Crippen LogP contribution in [0.3, 0.4) is 0 Å². The standard InChI is InChI=1S/C24H32ClN3O3S/c1-4-28(19-11-7-5-8-12-19)32(30,31)20-13-14-22(25)21(17-20)23(29)26-18-24(27(2)3)15-9-6-10-16-24/h5,7-8,11-14,17H,4,6,9-10,15-16,18H2,1-3H3,(H,26,29). The number of sulfonamides is 1. The predicted molar refractivity (Wildman–Crippen MR) is 130 cm³/mol. The third kappa shape index (κ3) is 5.11. The van der Waals surface area contributed by atoms with E-state index in [9.17, 15) is 13.2 Å². The van der Waals surface area contributed by atoms with Crippen LogP contribution in [-0.2, 0) is 10.0 Å². The minimum Gasteiger partial charge on any atom is -0.350 e. The van der Waals surface area contributed by atoms with Crippen molar-refractivity contribution >= 4 is 33.2 Å². The van der Waals surface area contributed by atoms with Gasteiger partial charge < -0.3 is 10.2 Å². The number of rotatable bonds is 8. The fraction of sp³-hybridized carbons (Fsp3) is 0.458. The SMILES string of the molecule is CCN(c1ccccc1)S(=O)(=O)c1ccc(Cl)c(C(=O)NCC2(N(C)C)CCCCC2)c1. The Morgan fingerprint density at radius 1 is 1.06 bits per heavy atom. The van der Waals surface area contributed by atoms with Crippen LogP contribution in [0.2, 0.25) is 5.02 Å². The highest BCUT2D eigenvalue weighted by molar-refractivity contribution is 7.92. The van der Waals surface area contributed by atoms with Gasteiger partial charge in [-0.3, -0.25) is 9.10 Å². The molecule has 1 N–H and O–H groups in total. The summed E-state index contributed by atoms with van der Waals surface area (Å²) in [5.41, 5.74) is 0.652. The van der Waals surface area contributed by atoms with Crippen LogP contribution in [-0.4, -0.2) is 51.9 Å². The highest BCUT2D eigenvalue weighted by Crippen LogP contribution is 2.32. The second-order valence-corrected chi connectivity index (χ2v) is 10.8. The molecule has 8 heteroatoms. The molecule has 2 aromatic rings. The Kier molecular flexibility index (Phi) is 7.85. The topological polar surface area (TPSA) is 69.7 Å². The summed E-state index contributed by atoms with van der Waals surface area (Å²) in [6.45, 7) is 2.54. The van der Waals surface area contributed by atoms with Crippen LogP contribution in [0.1, 0.15) is 49.4 Å². The van der Waals surface area contributed by atoms with E-state index in [1.54, 1.807) is 31.2 Å². The van der Waals surface area contributed by atoms with E-state index in [2.05, 4.69) is 10.2 Å². The summed E-state index contributed by atoms with van der Waals surface area (Å²) in [5, 5.41) is 3.24. The molecule has 1 aliphatic carbocycles. The average Bonchev–Trinajstić information content (AvgIpc) is 2.79. The molecule has 2 aromatic carbocycles. The van der Waals surface area contributed by atoms with Crippen molar-refractivity contribution < 1.29 is 13.2 Å². The Balaban J connectivity index is 1.85. The van der Waals surface area contributed by atoms with Crippen molar-refractivity contribution in [3.63, 3.8) is 0 Å². The van der Waals surface area contributed by atoms with Gasteiger partial charge in [-0.25, -0.2) is 8.42 Å². The molecule has 0 aliphatic heterocycles. The van der Waals surface area contributed by atoms with Gasteiger partial charge in [0.05, 0.1) is 21.2 Å². The monoisotopic (exact) mass is 477 g/mol. The zero-order valence-electron chi connectivity index (χ0n) is 19.0. The number of para-hydroxylation sites is 1. The van der Waals surface area contributed by atoms with Crippen LogP contribution < -0.4 is 9.62 Å². The van der Waals surface area contributed by atoms with Gasteiger partial charge in [-0.15, -0.1) is 0 Å². The van der Waals surface area contributed by atoms with Gasteiger partial charge in [0.2, 0.25) is 0 Å². The van der Waals surface area contributed by atoms with Gasteiger partial charge in [-0.1, -0.05) is 49.1 Å². The molecule has 0 spiro atoms. The van der Waals surface area contributed by atoms with Gasteiger partial charge in [-0.05, 0) is 64.2 Å². The molecule has 0 radical (unpaired) electrons. The largest absolute Gasteiger partial charge is 0.350 e. The first-order valence-electron chi connectivity index (χ1n) is 11.0. The number of likely N-dealkylation sites (N-methyl/N-ethyl adjacent to an activating group) is 1. The number of nitrogens with one attached hydrogen (secondary N) is 1. The molecule has 0 saturated heterocycles. The number of benzene rings is 2. The third-order valence-corrected chi connectivity index (χ3v) is 8.64. The zero-order valence-corrected chi connectivity index (χ0v) is 20.5. The summed E-state index contributed by atoms with van der Waals surface area (Å²) in [5.74, 6) is -0.360. The Morgan fingerprint density at radius 2 is 1.72 bits per heavy atom. The molecule has 0 atom stereocenters. The molecule has 32 heavy (non-hydrogen) atoms. The fourth-order valence-electron chi connectivity index (χ4n) is 4.38. The smallest absolute Gasteiger partial charge is 0.264 e. The van der Waals surface area contributed by atoms with E-state index >= 15 is 0 Å². The maximum absolute atomic E-state index is 13.3. The molecular weight excluding hydrogens is 446 g/mol. The van der Waals surface area contributed by atoms with E-state index in [1.807, 2.05) is 20.2 Å². The maximum atomic E-state index is 13.3. The summed E-state index contributed by atoms with van der Waals surface area (Å²) < 4.78 is 28.0. The normalized spacial score (nSPS) is 16.0. The van der Waals surface area contributed by atoms with Crippen molar-refractivity contribution in [1.82, 2.24) is 10.2 Å². The molecule has 0 unspecified atom stereocenters. The van der Waals surface area contributed by atoms with Gasteiger partial charge in [0, 0.05) is 18.6 Å². The molecular formula is C24H32ClN3O3S. The number of hydrogen-bond donors (Lipinski definition) is 1. The lowest BCUT2D eigenvalue weighted by molar-refractivity contribution is 0.0799. The Bertz CT molecular complexity index is 1040. The van der Waals surface area contributed by atoms with Crippen molar-refractivity contribution in [2.75, 3.05) is 31.5 Å². The minimum absolute atomic E-state index is 0.0396.